The zero-order valence-electron chi connectivity index (χ0n) is 7.08. The first-order valence-corrected chi connectivity index (χ1v) is 5.09. The molecule has 0 aliphatic heterocycles. The monoisotopic (exact) mass is 183 g/mol. The van der Waals surface area contributed by atoms with Crippen LogP contribution >= 0.6 is 11.3 Å². The molecule has 1 aromatic rings. The van der Waals surface area contributed by atoms with Crippen LogP contribution in [-0.2, 0) is 0 Å². The van der Waals surface area contributed by atoms with Crippen LogP contribution in [-0.4, -0.2) is 11.0 Å². The average molecular weight is 183 g/mol. The second-order valence-corrected chi connectivity index (χ2v) is 4.28. The Labute approximate surface area is 76.0 Å². The first kappa shape index (κ1) is 7.86. The van der Waals surface area contributed by atoms with E-state index in [1.165, 1.54) is 24.2 Å². The average Bonchev–Trinajstić information content (AvgIpc) is 2.67. The van der Waals surface area contributed by atoms with Gasteiger partial charge in [-0.3, -0.25) is 0 Å². The van der Waals surface area contributed by atoms with Crippen LogP contribution in [0.2, 0.25) is 0 Å². The Kier molecular flexibility index (Phi) is 1.92. The number of hydrogen-bond acceptors (Lipinski definition) is 4. The highest BCUT2D eigenvalue weighted by atomic mass is 32.1. The summed E-state index contributed by atoms with van der Waals surface area (Å²) in [4.78, 5) is 4.15. The summed E-state index contributed by atoms with van der Waals surface area (Å²) in [6, 6.07) is 0.653. The summed E-state index contributed by atoms with van der Waals surface area (Å²) in [6.07, 6.45) is 4.25. The molecule has 1 saturated carbocycles. The molecule has 0 aromatic carbocycles. The quantitative estimate of drug-likeness (QED) is 0.753. The number of rotatable bonds is 3. The lowest BCUT2D eigenvalue weighted by atomic mass is 10.3. The molecule has 2 unspecified atom stereocenters. The molecule has 2 rings (SSSR count). The van der Waals surface area contributed by atoms with Crippen molar-refractivity contribution in [3.8, 4) is 0 Å². The van der Waals surface area contributed by atoms with Gasteiger partial charge in [0.15, 0.2) is 5.13 Å². The molecule has 66 valence electrons. The molecule has 3 nitrogen and oxygen atoms in total. The zero-order chi connectivity index (χ0) is 8.55. The van der Waals surface area contributed by atoms with Gasteiger partial charge in [-0.05, 0) is 12.3 Å². The van der Waals surface area contributed by atoms with Crippen molar-refractivity contribution in [1.82, 2.24) is 4.98 Å². The van der Waals surface area contributed by atoms with Gasteiger partial charge >= 0.3 is 0 Å². The van der Waals surface area contributed by atoms with Gasteiger partial charge in [-0.2, -0.15) is 0 Å². The van der Waals surface area contributed by atoms with Gasteiger partial charge in [-0.1, -0.05) is 24.7 Å². The number of nitrogen functional groups attached to an aromatic ring is 1. The van der Waals surface area contributed by atoms with E-state index in [2.05, 4.69) is 17.2 Å². The molecular weight excluding hydrogens is 170 g/mol. The molecule has 0 bridgehead atoms. The largest absolute Gasteiger partial charge is 0.389 e. The van der Waals surface area contributed by atoms with Crippen LogP contribution in [0, 0.1) is 5.92 Å². The lowest BCUT2D eigenvalue weighted by Crippen LogP contribution is -2.03. The van der Waals surface area contributed by atoms with Crippen LogP contribution in [0.25, 0.3) is 0 Å². The van der Waals surface area contributed by atoms with Gasteiger partial charge < -0.3 is 11.1 Å². The van der Waals surface area contributed by atoms with E-state index in [0.29, 0.717) is 6.04 Å². The van der Waals surface area contributed by atoms with Gasteiger partial charge in [-0.15, -0.1) is 0 Å². The van der Waals surface area contributed by atoms with Crippen molar-refractivity contribution in [2.75, 3.05) is 11.1 Å². The second kappa shape index (κ2) is 2.94. The highest BCUT2D eigenvalue weighted by Crippen LogP contribution is 2.37. The topological polar surface area (TPSA) is 50.9 Å². The maximum atomic E-state index is 5.56. The van der Waals surface area contributed by atoms with E-state index in [1.54, 1.807) is 6.20 Å². The predicted octanol–water partition coefficient (Wildman–Crippen LogP) is 1.94. The van der Waals surface area contributed by atoms with Gasteiger partial charge in [0.2, 0.25) is 0 Å². The van der Waals surface area contributed by atoms with E-state index < -0.39 is 0 Å². The van der Waals surface area contributed by atoms with Crippen LogP contribution in [0.3, 0.4) is 0 Å². The summed E-state index contributed by atoms with van der Waals surface area (Å²) in [5.41, 5.74) is 5.56. The molecule has 4 heteroatoms. The van der Waals surface area contributed by atoms with Crippen molar-refractivity contribution >= 4 is 21.5 Å². The predicted molar refractivity (Wildman–Crippen MR) is 52.3 cm³/mol. The first-order valence-electron chi connectivity index (χ1n) is 4.27. The van der Waals surface area contributed by atoms with Crippen molar-refractivity contribution in [1.29, 1.82) is 0 Å². The van der Waals surface area contributed by atoms with Crippen LogP contribution in [0.5, 0.6) is 0 Å². The molecule has 0 spiro atoms. The number of nitrogens with one attached hydrogen (secondary N) is 1. The van der Waals surface area contributed by atoms with E-state index >= 15 is 0 Å². The number of hydrogen-bond donors (Lipinski definition) is 2. The molecule has 3 N–H and O–H groups in total. The van der Waals surface area contributed by atoms with Gasteiger partial charge in [0.25, 0.3) is 0 Å². The van der Waals surface area contributed by atoms with E-state index in [4.69, 9.17) is 5.73 Å². The fourth-order valence-electron chi connectivity index (χ4n) is 1.39. The number of thiazole rings is 1. The number of nitrogens with two attached hydrogens (primary N) is 1. The highest BCUT2D eigenvalue weighted by molar-refractivity contribution is 7.19. The highest BCUT2D eigenvalue weighted by Gasteiger charge is 2.35. The Balaban J connectivity index is 1.89. The van der Waals surface area contributed by atoms with Crippen LogP contribution in [0.1, 0.15) is 19.8 Å². The normalized spacial score (nSPS) is 27.1. The number of nitrogens with zero attached hydrogens (tertiary/aromatic N) is 1. The van der Waals surface area contributed by atoms with Crippen LogP contribution in [0.15, 0.2) is 6.20 Å². The lowest BCUT2D eigenvalue weighted by molar-refractivity contribution is 0.774. The Bertz CT molecular complexity index is 271. The summed E-state index contributed by atoms with van der Waals surface area (Å²) < 4.78 is 0. The van der Waals surface area contributed by atoms with E-state index in [0.717, 1.165) is 16.1 Å². The van der Waals surface area contributed by atoms with E-state index in [9.17, 15) is 0 Å². The van der Waals surface area contributed by atoms with Crippen LogP contribution in [0.4, 0.5) is 10.1 Å². The summed E-state index contributed by atoms with van der Waals surface area (Å²) in [5.74, 6) is 0.857. The fourth-order valence-corrected chi connectivity index (χ4v) is 2.03. The van der Waals surface area contributed by atoms with Gasteiger partial charge in [0.05, 0.1) is 6.20 Å². The molecule has 1 aliphatic carbocycles. The van der Waals surface area contributed by atoms with E-state index in [1.807, 2.05) is 0 Å². The summed E-state index contributed by atoms with van der Waals surface area (Å²) in [6.45, 7) is 2.22. The molecule has 0 radical (unpaired) electrons. The van der Waals surface area contributed by atoms with E-state index in [-0.39, 0.29) is 0 Å². The maximum absolute atomic E-state index is 5.56. The SMILES string of the molecule is CCC1CC1Nc1ncc(N)s1. The third-order valence-electron chi connectivity index (χ3n) is 2.28. The molecule has 12 heavy (non-hydrogen) atoms. The molecule has 0 saturated heterocycles. The Morgan fingerprint density at radius 3 is 3.17 bits per heavy atom. The minimum atomic E-state index is 0.653. The summed E-state index contributed by atoms with van der Waals surface area (Å²) in [7, 11) is 0. The zero-order valence-corrected chi connectivity index (χ0v) is 7.90. The smallest absolute Gasteiger partial charge is 0.184 e. The number of anilines is 2. The molecular formula is C8H13N3S. The minimum absolute atomic E-state index is 0.653. The first-order chi connectivity index (χ1) is 5.79. The molecule has 2 atom stereocenters. The van der Waals surface area contributed by atoms with Crippen molar-refractivity contribution in [3.63, 3.8) is 0 Å². The van der Waals surface area contributed by atoms with Crippen molar-refractivity contribution in [3.05, 3.63) is 6.20 Å². The van der Waals surface area contributed by atoms with Crippen molar-refractivity contribution in [2.24, 2.45) is 5.92 Å². The molecule has 1 aromatic heterocycles. The standard InChI is InChI=1S/C8H13N3S/c1-2-5-3-6(5)11-8-10-4-7(9)12-8/h4-6H,2-3,9H2,1H3,(H,10,11). The molecule has 1 fully saturated rings. The van der Waals surface area contributed by atoms with Crippen molar-refractivity contribution in [2.45, 2.75) is 25.8 Å². The summed E-state index contributed by atoms with van der Waals surface area (Å²) >= 11 is 1.52. The van der Waals surface area contributed by atoms with Crippen molar-refractivity contribution < 1.29 is 0 Å². The third kappa shape index (κ3) is 1.53. The van der Waals surface area contributed by atoms with Gasteiger partial charge in [0.1, 0.15) is 5.00 Å². The Hall–Kier alpha value is -0.770. The fraction of sp³-hybridized carbons (Fsp3) is 0.625. The maximum Gasteiger partial charge on any atom is 0.184 e. The minimum Gasteiger partial charge on any atom is -0.389 e. The molecule has 1 heterocycles. The molecule has 0 amide bonds. The number of aromatic nitrogens is 1. The van der Waals surface area contributed by atoms with Crippen LogP contribution < -0.4 is 11.1 Å². The third-order valence-corrected chi connectivity index (χ3v) is 3.04. The Morgan fingerprint density at radius 1 is 1.83 bits per heavy atom. The van der Waals surface area contributed by atoms with Gasteiger partial charge in [0, 0.05) is 6.04 Å². The molecule has 1 aliphatic rings. The lowest BCUT2D eigenvalue weighted by Gasteiger charge is -1.98. The Morgan fingerprint density at radius 2 is 2.67 bits per heavy atom. The second-order valence-electron chi connectivity index (χ2n) is 3.22. The summed E-state index contributed by atoms with van der Waals surface area (Å²) in [5, 5.41) is 5.11. The van der Waals surface area contributed by atoms with Gasteiger partial charge in [-0.25, -0.2) is 4.98 Å².